The van der Waals surface area contributed by atoms with Crippen molar-refractivity contribution < 1.29 is 0 Å². The van der Waals surface area contributed by atoms with E-state index in [1.54, 1.807) is 0 Å². The van der Waals surface area contributed by atoms with Crippen LogP contribution in [0.5, 0.6) is 0 Å². The third kappa shape index (κ3) is 1.71. The Balaban J connectivity index is 2.11. The molecular weight excluding hydrogens is 218 g/mol. The predicted molar refractivity (Wildman–Crippen MR) is 72.3 cm³/mol. The number of fused-ring (bicyclic) bond motifs is 1. The van der Waals surface area contributed by atoms with Gasteiger partial charge in [0, 0.05) is 5.92 Å². The quantitative estimate of drug-likeness (QED) is 0.733. The summed E-state index contributed by atoms with van der Waals surface area (Å²) in [6.45, 7) is 2.30. The molecule has 1 aliphatic rings. The molecule has 3 rings (SSSR count). The van der Waals surface area contributed by atoms with Crippen LogP contribution in [0.3, 0.4) is 0 Å². The Bertz CT molecular complexity index is 607. The lowest BCUT2D eigenvalue weighted by molar-refractivity contribution is 0.557. The maximum Gasteiger partial charge on any atom is 0.0991 e. The van der Waals surface area contributed by atoms with Gasteiger partial charge in [-0.05, 0) is 41.2 Å². The van der Waals surface area contributed by atoms with Gasteiger partial charge in [-0.15, -0.1) is 0 Å². The molecule has 2 aromatic carbocycles. The molecule has 0 spiro atoms. The molecule has 0 unspecified atom stereocenters. The van der Waals surface area contributed by atoms with Gasteiger partial charge in [0.15, 0.2) is 0 Å². The molecule has 0 aliphatic heterocycles. The second kappa shape index (κ2) is 4.31. The highest BCUT2D eigenvalue weighted by molar-refractivity contribution is 5.47. The fourth-order valence-corrected chi connectivity index (χ4v) is 3.08. The molecule has 0 aromatic heterocycles. The van der Waals surface area contributed by atoms with Crippen molar-refractivity contribution in [2.45, 2.75) is 19.3 Å². The molecule has 2 aromatic rings. The van der Waals surface area contributed by atoms with E-state index in [4.69, 9.17) is 5.26 Å². The SMILES string of the molecule is C[C@H]1Cc2ccc(C#N)cc2[C@@H]1c1ccccc1. The molecule has 0 fully saturated rings. The molecule has 1 nitrogen and oxygen atoms in total. The largest absolute Gasteiger partial charge is 0.192 e. The molecule has 1 aliphatic carbocycles. The smallest absolute Gasteiger partial charge is 0.0991 e. The van der Waals surface area contributed by atoms with Gasteiger partial charge in [-0.1, -0.05) is 43.3 Å². The van der Waals surface area contributed by atoms with Crippen LogP contribution in [0.2, 0.25) is 0 Å². The molecule has 2 atom stereocenters. The van der Waals surface area contributed by atoms with E-state index in [9.17, 15) is 0 Å². The third-order valence-corrected chi connectivity index (χ3v) is 3.88. The lowest BCUT2D eigenvalue weighted by Crippen LogP contribution is -2.05. The van der Waals surface area contributed by atoms with Crippen LogP contribution in [0.4, 0.5) is 0 Å². The summed E-state index contributed by atoms with van der Waals surface area (Å²) in [6, 6.07) is 19.0. The highest BCUT2D eigenvalue weighted by atomic mass is 14.3. The number of hydrogen-bond acceptors (Lipinski definition) is 1. The van der Waals surface area contributed by atoms with Crippen LogP contribution in [0, 0.1) is 17.2 Å². The average Bonchev–Trinajstić information content (AvgIpc) is 2.74. The Morgan fingerprint density at radius 2 is 1.89 bits per heavy atom. The van der Waals surface area contributed by atoms with Crippen molar-refractivity contribution in [2.75, 3.05) is 0 Å². The zero-order chi connectivity index (χ0) is 12.5. The Morgan fingerprint density at radius 1 is 1.11 bits per heavy atom. The second-order valence-electron chi connectivity index (χ2n) is 5.10. The summed E-state index contributed by atoms with van der Waals surface area (Å²) in [5.41, 5.74) is 4.87. The summed E-state index contributed by atoms with van der Waals surface area (Å²) in [5, 5.41) is 9.04. The lowest BCUT2D eigenvalue weighted by atomic mass is 9.87. The van der Waals surface area contributed by atoms with Crippen LogP contribution in [0.15, 0.2) is 48.5 Å². The van der Waals surface area contributed by atoms with Crippen molar-refractivity contribution in [3.05, 3.63) is 70.8 Å². The first-order valence-corrected chi connectivity index (χ1v) is 6.37. The summed E-state index contributed by atoms with van der Waals surface area (Å²) in [7, 11) is 0. The van der Waals surface area contributed by atoms with Gasteiger partial charge in [0.25, 0.3) is 0 Å². The van der Waals surface area contributed by atoms with Crippen molar-refractivity contribution in [3.8, 4) is 6.07 Å². The molecule has 0 N–H and O–H groups in total. The minimum atomic E-state index is 0.439. The van der Waals surface area contributed by atoms with Crippen LogP contribution in [0.1, 0.15) is 35.1 Å². The summed E-state index contributed by atoms with van der Waals surface area (Å²) in [6.07, 6.45) is 1.11. The number of hydrogen-bond donors (Lipinski definition) is 0. The monoisotopic (exact) mass is 233 g/mol. The summed E-state index contributed by atoms with van der Waals surface area (Å²) >= 11 is 0. The van der Waals surface area contributed by atoms with E-state index in [2.05, 4.69) is 55.5 Å². The highest BCUT2D eigenvalue weighted by Crippen LogP contribution is 2.42. The van der Waals surface area contributed by atoms with E-state index < -0.39 is 0 Å². The maximum atomic E-state index is 9.04. The van der Waals surface area contributed by atoms with Crippen molar-refractivity contribution in [3.63, 3.8) is 0 Å². The van der Waals surface area contributed by atoms with E-state index in [1.165, 1.54) is 16.7 Å². The second-order valence-corrected chi connectivity index (χ2v) is 5.10. The normalized spacial score (nSPS) is 21.3. The van der Waals surface area contributed by atoms with Crippen LogP contribution >= 0.6 is 0 Å². The van der Waals surface area contributed by atoms with Gasteiger partial charge < -0.3 is 0 Å². The van der Waals surface area contributed by atoms with Gasteiger partial charge in [0.1, 0.15) is 0 Å². The van der Waals surface area contributed by atoms with Gasteiger partial charge in [-0.25, -0.2) is 0 Å². The van der Waals surface area contributed by atoms with E-state index in [0.29, 0.717) is 11.8 Å². The van der Waals surface area contributed by atoms with Gasteiger partial charge in [0.2, 0.25) is 0 Å². The van der Waals surface area contributed by atoms with Crippen molar-refractivity contribution in [1.82, 2.24) is 0 Å². The van der Waals surface area contributed by atoms with E-state index in [-0.39, 0.29) is 0 Å². The Hall–Kier alpha value is -2.07. The van der Waals surface area contributed by atoms with E-state index in [0.717, 1.165) is 12.0 Å². The molecule has 0 bridgehead atoms. The Labute approximate surface area is 108 Å². The summed E-state index contributed by atoms with van der Waals surface area (Å²) < 4.78 is 0. The fraction of sp³-hybridized carbons (Fsp3) is 0.235. The lowest BCUT2D eigenvalue weighted by Gasteiger charge is -2.17. The topological polar surface area (TPSA) is 23.8 Å². The molecule has 18 heavy (non-hydrogen) atoms. The first-order chi connectivity index (χ1) is 8.79. The molecule has 88 valence electrons. The van der Waals surface area contributed by atoms with Crippen LogP contribution < -0.4 is 0 Å². The molecule has 0 saturated heterocycles. The first-order valence-electron chi connectivity index (χ1n) is 6.37. The maximum absolute atomic E-state index is 9.04. The number of nitrogens with zero attached hydrogens (tertiary/aromatic N) is 1. The first kappa shape index (κ1) is 11.0. The van der Waals surface area contributed by atoms with Gasteiger partial charge in [-0.2, -0.15) is 5.26 Å². The van der Waals surface area contributed by atoms with E-state index >= 15 is 0 Å². The van der Waals surface area contributed by atoms with Crippen LogP contribution in [0.25, 0.3) is 0 Å². The number of rotatable bonds is 1. The zero-order valence-electron chi connectivity index (χ0n) is 10.4. The highest BCUT2D eigenvalue weighted by Gasteiger charge is 2.30. The predicted octanol–water partition coefficient (Wildman–Crippen LogP) is 3.88. The van der Waals surface area contributed by atoms with Crippen molar-refractivity contribution in [1.29, 1.82) is 5.26 Å². The molecular formula is C17H15N. The minimum absolute atomic E-state index is 0.439. The zero-order valence-corrected chi connectivity index (χ0v) is 10.4. The number of benzene rings is 2. The van der Waals surface area contributed by atoms with Crippen molar-refractivity contribution in [2.24, 2.45) is 5.92 Å². The molecule has 0 heterocycles. The van der Waals surface area contributed by atoms with Gasteiger partial charge in [-0.3, -0.25) is 0 Å². The summed E-state index contributed by atoms with van der Waals surface area (Å²) in [5.74, 6) is 1.05. The van der Waals surface area contributed by atoms with Crippen molar-refractivity contribution >= 4 is 0 Å². The Kier molecular flexibility index (Phi) is 2.64. The molecule has 1 heteroatoms. The van der Waals surface area contributed by atoms with Gasteiger partial charge in [0.05, 0.1) is 11.6 Å². The third-order valence-electron chi connectivity index (χ3n) is 3.88. The number of nitriles is 1. The van der Waals surface area contributed by atoms with E-state index in [1.807, 2.05) is 6.07 Å². The standard InChI is InChI=1S/C17H15N/c1-12-9-15-8-7-13(11-18)10-16(15)17(12)14-5-3-2-4-6-14/h2-8,10,12,17H,9H2,1H3/t12-,17-/m0/s1. The molecule has 0 radical (unpaired) electrons. The molecule has 0 saturated carbocycles. The summed E-state index contributed by atoms with van der Waals surface area (Å²) in [4.78, 5) is 0. The fourth-order valence-electron chi connectivity index (χ4n) is 3.08. The van der Waals surface area contributed by atoms with Crippen LogP contribution in [-0.4, -0.2) is 0 Å². The average molecular weight is 233 g/mol. The van der Waals surface area contributed by atoms with Crippen LogP contribution in [-0.2, 0) is 6.42 Å². The minimum Gasteiger partial charge on any atom is -0.192 e. The molecule has 0 amide bonds. The Morgan fingerprint density at radius 3 is 2.61 bits per heavy atom. The van der Waals surface area contributed by atoms with Gasteiger partial charge >= 0.3 is 0 Å².